The number of carbonyl (C=O) groups is 1. The molecule has 0 saturated carbocycles. The van der Waals surface area contributed by atoms with E-state index in [9.17, 15) is 4.79 Å². The maximum absolute atomic E-state index is 12.4. The lowest BCUT2D eigenvalue weighted by molar-refractivity contribution is -0.121. The van der Waals surface area contributed by atoms with Gasteiger partial charge in [-0.3, -0.25) is 4.79 Å². The lowest BCUT2D eigenvalue weighted by atomic mass is 9.89. The Balaban J connectivity index is 1.82. The molecule has 122 valence electrons. The van der Waals surface area contributed by atoms with Crippen LogP contribution in [0.15, 0.2) is 35.7 Å². The van der Waals surface area contributed by atoms with Crippen molar-refractivity contribution < 1.29 is 14.3 Å². The maximum Gasteiger partial charge on any atom is 0.225 e. The van der Waals surface area contributed by atoms with E-state index < -0.39 is 0 Å². The Morgan fingerprint density at radius 3 is 2.96 bits per heavy atom. The van der Waals surface area contributed by atoms with Crippen LogP contribution in [0.25, 0.3) is 0 Å². The summed E-state index contributed by atoms with van der Waals surface area (Å²) in [6, 6.07) is 9.61. The third kappa shape index (κ3) is 3.67. The Hall–Kier alpha value is -2.01. The smallest absolute Gasteiger partial charge is 0.225 e. The lowest BCUT2D eigenvalue weighted by Gasteiger charge is -2.38. The van der Waals surface area contributed by atoms with Crippen LogP contribution in [0.4, 0.5) is 0 Å². The minimum atomic E-state index is -0.317. The average Bonchev–Trinajstić information content (AvgIpc) is 2.98. The van der Waals surface area contributed by atoms with Gasteiger partial charge in [-0.1, -0.05) is 6.07 Å². The molecule has 23 heavy (non-hydrogen) atoms. The van der Waals surface area contributed by atoms with Crippen LogP contribution in [0.1, 0.15) is 36.8 Å². The molecule has 3 rings (SSSR count). The van der Waals surface area contributed by atoms with Gasteiger partial charge in [0.2, 0.25) is 5.91 Å². The number of fused-ring (bicyclic) bond motifs is 1. The van der Waals surface area contributed by atoms with Gasteiger partial charge in [0.1, 0.15) is 17.1 Å². The van der Waals surface area contributed by atoms with Crippen LogP contribution in [0.3, 0.4) is 0 Å². The first-order valence-electron chi connectivity index (χ1n) is 7.65. The molecule has 2 heterocycles. The number of hydrogen-bond donors (Lipinski definition) is 1. The Labute approximate surface area is 140 Å². The number of rotatable bonds is 4. The van der Waals surface area contributed by atoms with E-state index in [0.717, 1.165) is 28.4 Å². The first kappa shape index (κ1) is 15.9. The monoisotopic (exact) mass is 331 g/mol. The molecule has 0 radical (unpaired) electrons. The molecule has 1 aliphatic rings. The second-order valence-corrected chi connectivity index (χ2v) is 7.38. The molecule has 0 saturated heterocycles. The third-order valence-corrected chi connectivity index (χ3v) is 4.80. The van der Waals surface area contributed by atoms with Crippen molar-refractivity contribution in [1.82, 2.24) is 5.32 Å². The number of nitrogens with one attached hydrogen (secondary N) is 1. The van der Waals surface area contributed by atoms with E-state index in [1.807, 2.05) is 49.6 Å². The highest BCUT2D eigenvalue weighted by molar-refractivity contribution is 7.10. The van der Waals surface area contributed by atoms with Crippen LogP contribution in [0.2, 0.25) is 0 Å². The Kier molecular flexibility index (Phi) is 4.31. The number of hydrogen-bond acceptors (Lipinski definition) is 4. The van der Waals surface area contributed by atoms with Crippen molar-refractivity contribution in [2.45, 2.75) is 38.3 Å². The highest BCUT2D eigenvalue weighted by Crippen LogP contribution is 2.41. The summed E-state index contributed by atoms with van der Waals surface area (Å²) in [5.41, 5.74) is 0.658. The van der Waals surface area contributed by atoms with Gasteiger partial charge in [-0.25, -0.2) is 0 Å². The maximum atomic E-state index is 12.4. The van der Waals surface area contributed by atoms with Crippen molar-refractivity contribution in [3.63, 3.8) is 0 Å². The van der Waals surface area contributed by atoms with Crippen LogP contribution < -0.4 is 14.8 Å². The predicted octanol–water partition coefficient (Wildman–Crippen LogP) is 3.72. The van der Waals surface area contributed by atoms with Crippen LogP contribution in [-0.2, 0) is 11.2 Å². The molecule has 4 nitrogen and oxygen atoms in total. The number of carbonyl (C=O) groups excluding carboxylic acids is 1. The van der Waals surface area contributed by atoms with Gasteiger partial charge in [0.25, 0.3) is 0 Å². The summed E-state index contributed by atoms with van der Waals surface area (Å²) in [4.78, 5) is 13.4. The lowest BCUT2D eigenvalue weighted by Crippen LogP contribution is -2.41. The molecule has 1 aromatic carbocycles. The minimum absolute atomic E-state index is 0.0314. The van der Waals surface area contributed by atoms with Gasteiger partial charge in [0.15, 0.2) is 0 Å². The molecular weight excluding hydrogens is 310 g/mol. The van der Waals surface area contributed by atoms with Crippen molar-refractivity contribution in [2.24, 2.45) is 0 Å². The zero-order valence-corrected chi connectivity index (χ0v) is 14.4. The van der Waals surface area contributed by atoms with Crippen molar-refractivity contribution in [3.05, 3.63) is 46.2 Å². The van der Waals surface area contributed by atoms with E-state index in [2.05, 4.69) is 5.32 Å². The molecule has 1 N–H and O–H groups in total. The molecule has 0 aliphatic carbocycles. The van der Waals surface area contributed by atoms with Crippen LogP contribution >= 0.6 is 11.3 Å². The molecule has 5 heteroatoms. The normalized spacial score (nSPS) is 18.7. The second-order valence-electron chi connectivity index (χ2n) is 6.35. The molecule has 0 bridgehead atoms. The molecule has 1 atom stereocenters. The molecule has 2 aromatic rings. The van der Waals surface area contributed by atoms with Crippen molar-refractivity contribution in [1.29, 1.82) is 0 Å². The number of ether oxygens (including phenoxy) is 2. The van der Waals surface area contributed by atoms with Gasteiger partial charge in [0.05, 0.1) is 19.6 Å². The summed E-state index contributed by atoms with van der Waals surface area (Å²) >= 11 is 1.60. The Morgan fingerprint density at radius 2 is 2.26 bits per heavy atom. The zero-order chi connectivity index (χ0) is 16.4. The Morgan fingerprint density at radius 1 is 1.43 bits per heavy atom. The zero-order valence-electron chi connectivity index (χ0n) is 13.6. The fourth-order valence-electron chi connectivity index (χ4n) is 2.91. The fraction of sp³-hybridized carbons (Fsp3) is 0.389. The number of thiophene rings is 1. The summed E-state index contributed by atoms with van der Waals surface area (Å²) < 4.78 is 11.3. The largest absolute Gasteiger partial charge is 0.497 e. The summed E-state index contributed by atoms with van der Waals surface area (Å²) in [5.74, 6) is 1.61. The first-order valence-corrected chi connectivity index (χ1v) is 8.53. The van der Waals surface area contributed by atoms with Gasteiger partial charge in [-0.15, -0.1) is 11.3 Å². The molecular formula is C18H21NO3S. The number of amides is 1. The quantitative estimate of drug-likeness (QED) is 0.929. The molecule has 1 unspecified atom stereocenters. The molecule has 0 fully saturated rings. The van der Waals surface area contributed by atoms with Crippen LogP contribution in [0, 0.1) is 0 Å². The van der Waals surface area contributed by atoms with E-state index in [1.165, 1.54) is 0 Å². The third-order valence-electron chi connectivity index (χ3n) is 3.92. The Bertz CT molecular complexity index is 694. The van der Waals surface area contributed by atoms with E-state index >= 15 is 0 Å². The molecule has 1 aliphatic heterocycles. The van der Waals surface area contributed by atoms with Crippen LogP contribution in [-0.4, -0.2) is 18.6 Å². The molecule has 1 aromatic heterocycles. The van der Waals surface area contributed by atoms with E-state index in [1.54, 1.807) is 18.4 Å². The minimum Gasteiger partial charge on any atom is -0.497 e. The average molecular weight is 331 g/mol. The van der Waals surface area contributed by atoms with Crippen LogP contribution in [0.5, 0.6) is 11.5 Å². The van der Waals surface area contributed by atoms with E-state index in [-0.39, 0.29) is 17.6 Å². The van der Waals surface area contributed by atoms with E-state index in [0.29, 0.717) is 6.42 Å². The summed E-state index contributed by atoms with van der Waals surface area (Å²) in [5, 5.41) is 5.14. The van der Waals surface area contributed by atoms with Gasteiger partial charge < -0.3 is 14.8 Å². The molecule has 1 amide bonds. The van der Waals surface area contributed by atoms with Crippen molar-refractivity contribution >= 4 is 17.2 Å². The summed E-state index contributed by atoms with van der Waals surface area (Å²) in [6.07, 6.45) is 1.14. The highest BCUT2D eigenvalue weighted by Gasteiger charge is 2.34. The first-order chi connectivity index (χ1) is 11.0. The number of benzene rings is 1. The van der Waals surface area contributed by atoms with Gasteiger partial charge >= 0.3 is 0 Å². The van der Waals surface area contributed by atoms with Crippen molar-refractivity contribution in [3.8, 4) is 11.5 Å². The van der Waals surface area contributed by atoms with E-state index in [4.69, 9.17) is 9.47 Å². The SMILES string of the molecule is COc1ccc2c(c1)C(NC(=O)Cc1cccs1)CC(C)(C)O2. The standard InChI is InChI=1S/C18H21NO3S/c1-18(2)11-15(19-17(20)10-13-5-4-8-23-13)14-9-12(21-3)6-7-16(14)22-18/h4-9,15H,10-11H2,1-3H3,(H,19,20). The van der Waals surface area contributed by atoms with Gasteiger partial charge in [-0.05, 0) is 43.5 Å². The fourth-order valence-corrected chi connectivity index (χ4v) is 3.61. The van der Waals surface area contributed by atoms with Crippen molar-refractivity contribution in [2.75, 3.05) is 7.11 Å². The predicted molar refractivity (Wildman–Crippen MR) is 91.2 cm³/mol. The summed E-state index contributed by atoms with van der Waals surface area (Å²) in [7, 11) is 1.64. The number of methoxy groups -OCH3 is 1. The van der Waals surface area contributed by atoms with Gasteiger partial charge in [-0.2, -0.15) is 0 Å². The van der Waals surface area contributed by atoms with Gasteiger partial charge in [0, 0.05) is 16.9 Å². The topological polar surface area (TPSA) is 47.6 Å². The second kappa shape index (κ2) is 6.24. The molecule has 0 spiro atoms. The highest BCUT2D eigenvalue weighted by atomic mass is 32.1. The summed E-state index contributed by atoms with van der Waals surface area (Å²) in [6.45, 7) is 4.08.